The molecule has 0 N–H and O–H groups in total. The lowest BCUT2D eigenvalue weighted by Gasteiger charge is -2.03. The Hall–Kier alpha value is -0.610. The predicted octanol–water partition coefficient (Wildman–Crippen LogP) is 1.79. The number of hydrogen-bond donors (Lipinski definition) is 0. The lowest BCUT2D eigenvalue weighted by atomic mass is 10.4. The molecule has 0 aromatic heterocycles. The smallest absolute Gasteiger partial charge is 0.180 e. The van der Waals surface area contributed by atoms with Crippen molar-refractivity contribution in [3.63, 3.8) is 0 Å². The topological polar surface area (TPSA) is 57.9 Å². The van der Waals surface area contributed by atoms with Crippen LogP contribution in [0, 0.1) is 11.3 Å². The zero-order chi connectivity index (χ0) is 10.6. The summed E-state index contributed by atoms with van der Waals surface area (Å²) in [5, 5.41) is 8.52. The second kappa shape index (κ2) is 4.75. The van der Waals surface area contributed by atoms with Crippen LogP contribution in [0.4, 0.5) is 0 Å². The zero-order valence-corrected chi connectivity index (χ0v) is 10.2. The number of rotatable bonds is 3. The molecular weight excluding hydrogens is 313 g/mol. The van der Waals surface area contributed by atoms with Crippen LogP contribution in [0.1, 0.15) is 0 Å². The van der Waals surface area contributed by atoms with Gasteiger partial charge in [0.05, 0.1) is 16.7 Å². The van der Waals surface area contributed by atoms with Crippen LogP contribution >= 0.6 is 22.6 Å². The first kappa shape index (κ1) is 11.5. The van der Waals surface area contributed by atoms with Crippen LogP contribution in [0.15, 0.2) is 35.2 Å². The van der Waals surface area contributed by atoms with Crippen molar-refractivity contribution >= 4 is 32.4 Å². The molecule has 0 saturated carbocycles. The number of nitriles is 1. The molecule has 3 nitrogen and oxygen atoms in total. The lowest BCUT2D eigenvalue weighted by molar-refractivity contribution is 0.596. The Labute approximate surface area is 96.8 Å². The van der Waals surface area contributed by atoms with Crippen LogP contribution in [-0.2, 0) is 9.84 Å². The minimum absolute atomic E-state index is 0.131. The van der Waals surface area contributed by atoms with Crippen molar-refractivity contribution in [2.45, 2.75) is 8.82 Å². The maximum Gasteiger partial charge on any atom is 0.180 e. The van der Waals surface area contributed by atoms with Gasteiger partial charge in [0.2, 0.25) is 0 Å². The predicted molar refractivity (Wildman–Crippen MR) is 61.9 cm³/mol. The lowest BCUT2D eigenvalue weighted by Crippen LogP contribution is -2.14. The molecule has 0 aliphatic carbocycles. The van der Waals surface area contributed by atoms with Crippen molar-refractivity contribution in [3.05, 3.63) is 30.3 Å². The number of benzene rings is 1. The minimum Gasteiger partial charge on any atom is -0.224 e. The number of alkyl halides is 1. The molecule has 74 valence electrons. The van der Waals surface area contributed by atoms with Crippen LogP contribution in [-0.4, -0.2) is 18.1 Å². The Balaban J connectivity index is 2.94. The molecule has 1 rings (SSSR count). The molecule has 0 aliphatic rings. The summed E-state index contributed by atoms with van der Waals surface area (Å²) in [7, 11) is -3.30. The van der Waals surface area contributed by atoms with Gasteiger partial charge in [0, 0.05) is 0 Å². The Morgan fingerprint density at radius 1 is 1.36 bits per heavy atom. The summed E-state index contributed by atoms with van der Waals surface area (Å²) in [5.74, 6) is -0.131. The number of halogens is 1. The fourth-order valence-corrected chi connectivity index (χ4v) is 3.60. The van der Waals surface area contributed by atoms with Crippen LogP contribution in [0.3, 0.4) is 0 Å². The molecule has 0 aliphatic heterocycles. The molecule has 0 radical (unpaired) electrons. The van der Waals surface area contributed by atoms with Gasteiger partial charge in [-0.2, -0.15) is 5.26 Å². The van der Waals surface area contributed by atoms with Gasteiger partial charge in [0.25, 0.3) is 0 Å². The number of hydrogen-bond acceptors (Lipinski definition) is 3. The van der Waals surface area contributed by atoms with Crippen molar-refractivity contribution in [1.82, 2.24) is 0 Å². The Kier molecular flexibility index (Phi) is 3.89. The van der Waals surface area contributed by atoms with Crippen LogP contribution < -0.4 is 0 Å². The highest BCUT2D eigenvalue weighted by Crippen LogP contribution is 2.13. The summed E-state index contributed by atoms with van der Waals surface area (Å²) in [4.78, 5) is 0.275. The van der Waals surface area contributed by atoms with Gasteiger partial charge in [-0.05, 0) is 12.1 Å². The second-order valence-corrected chi connectivity index (χ2v) is 6.23. The number of sulfone groups is 1. The highest BCUT2D eigenvalue weighted by molar-refractivity contribution is 14.1. The van der Waals surface area contributed by atoms with E-state index in [4.69, 9.17) is 5.26 Å². The average Bonchev–Trinajstić information content (AvgIpc) is 2.18. The third kappa shape index (κ3) is 2.96. The van der Waals surface area contributed by atoms with Crippen molar-refractivity contribution in [2.24, 2.45) is 0 Å². The van der Waals surface area contributed by atoms with Crippen LogP contribution in [0.5, 0.6) is 0 Å². The zero-order valence-electron chi connectivity index (χ0n) is 7.22. The third-order valence-corrected chi connectivity index (χ3v) is 4.69. The van der Waals surface area contributed by atoms with Gasteiger partial charge in [-0.3, -0.25) is 0 Å². The van der Waals surface area contributed by atoms with E-state index in [1.807, 2.05) is 28.7 Å². The highest BCUT2D eigenvalue weighted by atomic mass is 127. The molecule has 0 bridgehead atoms. The highest BCUT2D eigenvalue weighted by Gasteiger charge is 2.18. The van der Waals surface area contributed by atoms with Gasteiger partial charge in [0.15, 0.2) is 9.84 Å². The molecule has 1 aromatic rings. The molecule has 0 fully saturated rings. The first-order valence-corrected chi connectivity index (χ1v) is 6.77. The second-order valence-electron chi connectivity index (χ2n) is 2.69. The van der Waals surface area contributed by atoms with Gasteiger partial charge in [-0.25, -0.2) is 8.42 Å². The summed E-state index contributed by atoms with van der Waals surface area (Å²) < 4.78 is 22.8. The standard InChI is InChI=1S/C9H8INO2S/c10-8(6-11)7-14(12,13)9-4-2-1-3-5-9/h1-5,8H,7H2. The maximum absolute atomic E-state index is 11.6. The first-order valence-electron chi connectivity index (χ1n) is 3.88. The van der Waals surface area contributed by atoms with E-state index < -0.39 is 13.8 Å². The van der Waals surface area contributed by atoms with Crippen molar-refractivity contribution < 1.29 is 8.42 Å². The van der Waals surface area contributed by atoms with Gasteiger partial charge in [-0.15, -0.1) is 0 Å². The molecular formula is C9H8INO2S. The maximum atomic E-state index is 11.6. The number of nitrogens with zero attached hydrogens (tertiary/aromatic N) is 1. The first-order chi connectivity index (χ1) is 6.56. The van der Waals surface area contributed by atoms with E-state index in [-0.39, 0.29) is 10.6 Å². The van der Waals surface area contributed by atoms with Crippen molar-refractivity contribution in [3.8, 4) is 6.07 Å². The molecule has 0 spiro atoms. The van der Waals surface area contributed by atoms with E-state index in [9.17, 15) is 8.42 Å². The monoisotopic (exact) mass is 321 g/mol. The van der Waals surface area contributed by atoms with E-state index in [0.717, 1.165) is 0 Å². The van der Waals surface area contributed by atoms with Crippen molar-refractivity contribution in [2.75, 3.05) is 5.75 Å². The van der Waals surface area contributed by atoms with E-state index >= 15 is 0 Å². The quantitative estimate of drug-likeness (QED) is 0.630. The fourth-order valence-electron chi connectivity index (χ4n) is 0.954. The summed E-state index contributed by atoms with van der Waals surface area (Å²) in [5.41, 5.74) is 0. The third-order valence-electron chi connectivity index (χ3n) is 1.61. The van der Waals surface area contributed by atoms with Crippen LogP contribution in [0.25, 0.3) is 0 Å². The Morgan fingerprint density at radius 2 is 1.93 bits per heavy atom. The molecule has 0 heterocycles. The van der Waals surface area contributed by atoms with E-state index in [1.165, 1.54) is 12.1 Å². The normalized spacial score (nSPS) is 13.1. The minimum atomic E-state index is -3.30. The Bertz CT molecular complexity index is 436. The summed E-state index contributed by atoms with van der Waals surface area (Å²) in [6, 6.07) is 10.1. The molecule has 1 unspecified atom stereocenters. The average molecular weight is 321 g/mol. The summed E-state index contributed by atoms with van der Waals surface area (Å²) in [6.45, 7) is 0. The molecule has 0 saturated heterocycles. The Morgan fingerprint density at radius 3 is 2.43 bits per heavy atom. The SMILES string of the molecule is N#CC(I)CS(=O)(=O)c1ccccc1. The van der Waals surface area contributed by atoms with E-state index in [0.29, 0.717) is 0 Å². The molecule has 14 heavy (non-hydrogen) atoms. The van der Waals surface area contributed by atoms with Crippen molar-refractivity contribution in [1.29, 1.82) is 5.26 Å². The molecule has 0 amide bonds. The van der Waals surface area contributed by atoms with Gasteiger partial charge >= 0.3 is 0 Å². The van der Waals surface area contributed by atoms with Gasteiger partial charge in [0.1, 0.15) is 3.92 Å². The van der Waals surface area contributed by atoms with E-state index in [2.05, 4.69) is 0 Å². The summed E-state index contributed by atoms with van der Waals surface area (Å²) in [6.07, 6.45) is 0. The molecule has 1 atom stereocenters. The van der Waals surface area contributed by atoms with E-state index in [1.54, 1.807) is 18.2 Å². The summed E-state index contributed by atoms with van der Waals surface area (Å²) >= 11 is 1.82. The fraction of sp³-hybridized carbons (Fsp3) is 0.222. The van der Waals surface area contributed by atoms with Crippen LogP contribution in [0.2, 0.25) is 0 Å². The molecule has 1 aromatic carbocycles. The molecule has 5 heteroatoms. The largest absolute Gasteiger partial charge is 0.224 e. The van der Waals surface area contributed by atoms with Gasteiger partial charge < -0.3 is 0 Å². The van der Waals surface area contributed by atoms with Gasteiger partial charge in [-0.1, -0.05) is 40.8 Å².